The van der Waals surface area contributed by atoms with Crippen LogP contribution < -0.4 is 5.73 Å². The zero-order chi connectivity index (χ0) is 25.8. The molecule has 0 bridgehead atoms. The van der Waals surface area contributed by atoms with Crippen molar-refractivity contribution >= 4 is 33.2 Å². The number of rotatable bonds is 2. The van der Waals surface area contributed by atoms with Crippen molar-refractivity contribution < 1.29 is 34.8 Å². The maximum absolute atomic E-state index is 13.8. The van der Waals surface area contributed by atoms with Crippen LogP contribution in [0.3, 0.4) is 0 Å². The third-order valence-corrected chi connectivity index (χ3v) is 9.37. The maximum atomic E-state index is 13.8. The van der Waals surface area contributed by atoms with E-state index in [9.17, 15) is 30.0 Å². The number of carbonyl (C=O) groups excluding carboxylic acids is 2. The molecule has 1 aromatic heterocycles. The number of fused-ring (bicyclic) bond motifs is 6. The number of nitrogens with zero attached hydrogens (tertiary/aromatic N) is 1. The quantitative estimate of drug-likeness (QED) is 0.323. The van der Waals surface area contributed by atoms with Crippen LogP contribution in [0.1, 0.15) is 39.7 Å². The molecule has 9 nitrogen and oxygen atoms in total. The number of aliphatic hydroxyl groups is 3. The summed E-state index contributed by atoms with van der Waals surface area (Å²) >= 11 is 1.46. The Kier molecular flexibility index (Phi) is 4.50. The summed E-state index contributed by atoms with van der Waals surface area (Å²) in [6.07, 6.45) is -1.95. The lowest BCUT2D eigenvalue weighted by Gasteiger charge is -2.46. The molecule has 6 atom stereocenters. The van der Waals surface area contributed by atoms with E-state index < -0.39 is 53.0 Å². The topological polar surface area (TPSA) is 166 Å². The number of amides is 1. The first kappa shape index (κ1) is 22.5. The van der Waals surface area contributed by atoms with Gasteiger partial charge >= 0.3 is 0 Å². The van der Waals surface area contributed by atoms with Crippen molar-refractivity contribution in [3.63, 3.8) is 0 Å². The predicted molar refractivity (Wildman–Crippen MR) is 132 cm³/mol. The fraction of sp³-hybridized carbons (Fsp3) is 0.296. The second-order valence-corrected chi connectivity index (χ2v) is 11.2. The molecule has 2 unspecified atom stereocenters. The van der Waals surface area contributed by atoms with E-state index in [1.807, 2.05) is 24.3 Å². The Bertz CT molecular complexity index is 1570. The number of phenolic OH excluding ortho intramolecular Hbond substituents is 1. The summed E-state index contributed by atoms with van der Waals surface area (Å²) in [4.78, 5) is 30.7. The molecule has 1 aliphatic heterocycles. The van der Waals surface area contributed by atoms with E-state index >= 15 is 0 Å². The third-order valence-electron chi connectivity index (χ3n) is 8.25. The van der Waals surface area contributed by atoms with Gasteiger partial charge in [-0.15, -0.1) is 11.3 Å². The lowest BCUT2D eigenvalue weighted by molar-refractivity contribution is -0.115. The molecule has 1 amide bonds. The fourth-order valence-corrected chi connectivity index (χ4v) is 7.73. The van der Waals surface area contributed by atoms with Gasteiger partial charge in [0.1, 0.15) is 34.5 Å². The number of epoxide rings is 1. The van der Waals surface area contributed by atoms with E-state index in [2.05, 4.69) is 0 Å². The molecular weight excluding hydrogens is 496 g/mol. The van der Waals surface area contributed by atoms with Crippen molar-refractivity contribution in [1.29, 1.82) is 0 Å². The minimum absolute atomic E-state index is 0.00623. The molecule has 0 spiro atoms. The van der Waals surface area contributed by atoms with Gasteiger partial charge in [-0.3, -0.25) is 9.59 Å². The second-order valence-electron chi connectivity index (χ2n) is 10.1. The first-order chi connectivity index (χ1) is 17.7. The number of aromatic nitrogens is 1. The van der Waals surface area contributed by atoms with Crippen LogP contribution in [-0.4, -0.2) is 54.9 Å². The number of primary amides is 1. The largest absolute Gasteiger partial charge is 0.512 e. The lowest BCUT2D eigenvalue weighted by atomic mass is 9.60. The van der Waals surface area contributed by atoms with Crippen molar-refractivity contribution in [1.82, 2.24) is 4.98 Å². The molecule has 4 aliphatic rings. The molecular formula is C27H22N2O7S. The number of aromatic hydroxyl groups is 1. The van der Waals surface area contributed by atoms with Gasteiger partial charge in [0, 0.05) is 29.7 Å². The number of hydrogen-bond donors (Lipinski definition) is 5. The first-order valence-electron chi connectivity index (χ1n) is 12.0. The number of para-hydroxylation sites is 1. The molecule has 2 aromatic carbocycles. The van der Waals surface area contributed by atoms with Gasteiger partial charge in [-0.05, 0) is 30.2 Å². The SMILES string of the molecule is NC(=O)C1=C(O)C[C@@H]2C[C@H]3C(=C(O)[C@]2(O)C2OC12)C(=O)c1c(O)cccc1[C@@H]3c1nc2ccccc2s1. The standard InChI is InChI=1S/C27H22N2O7S/c28-25(34)20-15(31)9-10-8-12-17(26-29-13-5-1-2-7-16(13)37-26)11-4-3-6-14(30)18(11)21(32)19(12)23(33)27(10,35)24-22(20)36-24/h1-7,10,12,17,22,24,30-31,33,35H,8-9H2,(H2,28,34)/t10-,12+,17-,22?,24?,27-/m0/s1. The number of ketones is 1. The Balaban J connectivity index is 1.46. The Morgan fingerprint density at radius 2 is 1.92 bits per heavy atom. The molecule has 3 aliphatic carbocycles. The summed E-state index contributed by atoms with van der Waals surface area (Å²) in [5.41, 5.74) is 4.77. The monoisotopic (exact) mass is 518 g/mol. The number of allylic oxidation sites excluding steroid dienone is 2. The van der Waals surface area contributed by atoms with Gasteiger partial charge in [-0.2, -0.15) is 0 Å². The van der Waals surface area contributed by atoms with E-state index in [1.165, 1.54) is 17.4 Å². The molecule has 3 aromatic rings. The number of phenols is 1. The van der Waals surface area contributed by atoms with Crippen LogP contribution in [0.25, 0.3) is 10.2 Å². The van der Waals surface area contributed by atoms with E-state index in [0.717, 1.165) is 10.2 Å². The minimum Gasteiger partial charge on any atom is -0.512 e. The van der Waals surface area contributed by atoms with Crippen LogP contribution in [0.2, 0.25) is 0 Å². The van der Waals surface area contributed by atoms with Crippen LogP contribution >= 0.6 is 11.3 Å². The molecule has 10 heteroatoms. The molecule has 37 heavy (non-hydrogen) atoms. The Labute approximate surface area is 214 Å². The summed E-state index contributed by atoms with van der Waals surface area (Å²) in [5.74, 6) is -4.37. The highest BCUT2D eigenvalue weighted by Crippen LogP contribution is 2.59. The van der Waals surface area contributed by atoms with Gasteiger partial charge < -0.3 is 30.9 Å². The van der Waals surface area contributed by atoms with E-state index in [4.69, 9.17) is 15.5 Å². The number of Topliss-reactive ketones (excluding diaryl/α,β-unsaturated/α-hetero) is 1. The minimum atomic E-state index is -2.02. The highest BCUT2D eigenvalue weighted by Gasteiger charge is 2.68. The second kappa shape index (κ2) is 7.41. The van der Waals surface area contributed by atoms with Crippen molar-refractivity contribution in [2.24, 2.45) is 17.6 Å². The average molecular weight is 519 g/mol. The van der Waals surface area contributed by atoms with Crippen LogP contribution in [0.5, 0.6) is 5.75 Å². The van der Waals surface area contributed by atoms with Crippen LogP contribution in [0.4, 0.5) is 0 Å². The zero-order valence-electron chi connectivity index (χ0n) is 19.3. The highest BCUT2D eigenvalue weighted by atomic mass is 32.1. The van der Waals surface area contributed by atoms with Gasteiger partial charge in [0.2, 0.25) is 0 Å². The zero-order valence-corrected chi connectivity index (χ0v) is 20.1. The number of nitrogens with two attached hydrogens (primary N) is 1. The molecule has 2 heterocycles. The summed E-state index contributed by atoms with van der Waals surface area (Å²) < 4.78 is 6.52. The van der Waals surface area contributed by atoms with Gasteiger partial charge in [0.25, 0.3) is 5.91 Å². The van der Waals surface area contributed by atoms with E-state index in [-0.39, 0.29) is 41.1 Å². The van der Waals surface area contributed by atoms with Gasteiger partial charge in [-0.1, -0.05) is 24.3 Å². The molecule has 1 saturated heterocycles. The van der Waals surface area contributed by atoms with Crippen molar-refractivity contribution in [3.8, 4) is 5.75 Å². The fourth-order valence-electron chi connectivity index (χ4n) is 6.57. The van der Waals surface area contributed by atoms with Crippen LogP contribution in [0, 0.1) is 11.8 Å². The first-order valence-corrected chi connectivity index (χ1v) is 12.8. The number of carbonyl (C=O) groups is 2. The summed E-state index contributed by atoms with van der Waals surface area (Å²) in [6.45, 7) is 0. The maximum Gasteiger partial charge on any atom is 0.250 e. The summed E-state index contributed by atoms with van der Waals surface area (Å²) in [7, 11) is 0. The summed E-state index contributed by atoms with van der Waals surface area (Å²) in [5, 5.41) is 45.6. The van der Waals surface area contributed by atoms with Gasteiger partial charge in [-0.25, -0.2) is 4.98 Å². The lowest BCUT2D eigenvalue weighted by Crippen LogP contribution is -2.52. The smallest absolute Gasteiger partial charge is 0.250 e. The Morgan fingerprint density at radius 3 is 2.68 bits per heavy atom. The van der Waals surface area contributed by atoms with Gasteiger partial charge in [0.05, 0.1) is 21.4 Å². The summed E-state index contributed by atoms with van der Waals surface area (Å²) in [6, 6.07) is 12.5. The van der Waals surface area contributed by atoms with Crippen molar-refractivity contribution in [3.05, 3.63) is 81.3 Å². The van der Waals surface area contributed by atoms with Crippen molar-refractivity contribution in [2.45, 2.75) is 36.6 Å². The molecule has 0 radical (unpaired) electrons. The number of thiazole rings is 1. The molecule has 1 fully saturated rings. The van der Waals surface area contributed by atoms with Crippen LogP contribution in [-0.2, 0) is 9.53 Å². The number of benzene rings is 2. The van der Waals surface area contributed by atoms with Gasteiger partial charge in [0.15, 0.2) is 11.4 Å². The predicted octanol–water partition coefficient (Wildman–Crippen LogP) is 2.98. The number of aliphatic hydroxyl groups excluding tert-OH is 2. The van der Waals surface area contributed by atoms with Crippen LogP contribution in [0.15, 0.2) is 65.1 Å². The Hall–Kier alpha value is -3.73. The third kappa shape index (κ3) is 2.88. The average Bonchev–Trinajstić information content (AvgIpc) is 3.53. The van der Waals surface area contributed by atoms with E-state index in [1.54, 1.807) is 12.1 Å². The molecule has 7 rings (SSSR count). The van der Waals surface area contributed by atoms with E-state index in [0.29, 0.717) is 10.6 Å². The highest BCUT2D eigenvalue weighted by molar-refractivity contribution is 7.18. The normalized spacial score (nSPS) is 32.4. The number of hydrogen-bond acceptors (Lipinski definition) is 9. The number of ether oxygens (including phenoxy) is 1. The molecule has 0 saturated carbocycles. The van der Waals surface area contributed by atoms with Crippen molar-refractivity contribution in [2.75, 3.05) is 0 Å². The Morgan fingerprint density at radius 1 is 1.14 bits per heavy atom. The molecule has 188 valence electrons. The molecule has 6 N–H and O–H groups in total.